The van der Waals surface area contributed by atoms with Gasteiger partial charge in [0.2, 0.25) is 11.8 Å². The summed E-state index contributed by atoms with van der Waals surface area (Å²) in [5, 5.41) is 19.5. The number of ether oxygens (including phenoxy) is 2. The number of nitrogens with zero attached hydrogens (tertiary/aromatic N) is 4. The molecular formula is C12H16FN5O4. The average Bonchev–Trinajstić information content (AvgIpc) is 2.98. The first-order chi connectivity index (χ1) is 10.4. The van der Waals surface area contributed by atoms with E-state index in [9.17, 15) is 9.50 Å². The number of imidazole rings is 1. The van der Waals surface area contributed by atoms with Crippen LogP contribution in [0, 0.1) is 0 Å². The number of methoxy groups -OCH3 is 1. The maximum absolute atomic E-state index is 14.2. The van der Waals surface area contributed by atoms with E-state index in [-0.39, 0.29) is 17.5 Å². The number of hydrogen-bond donors (Lipinski definition) is 3. The van der Waals surface area contributed by atoms with Crippen molar-refractivity contribution in [2.75, 3.05) is 19.5 Å². The van der Waals surface area contributed by atoms with Crippen molar-refractivity contribution in [2.45, 2.75) is 31.0 Å². The lowest BCUT2D eigenvalue weighted by atomic mass is 9.98. The number of nitrogens with two attached hydrogens (primary N) is 1. The predicted molar refractivity (Wildman–Crippen MR) is 72.8 cm³/mol. The first-order valence-corrected chi connectivity index (χ1v) is 6.57. The van der Waals surface area contributed by atoms with Gasteiger partial charge < -0.3 is 25.4 Å². The van der Waals surface area contributed by atoms with E-state index in [0.29, 0.717) is 5.52 Å². The number of anilines is 1. The Morgan fingerprint density at radius 2 is 2.27 bits per heavy atom. The van der Waals surface area contributed by atoms with Crippen LogP contribution in [0.3, 0.4) is 0 Å². The second kappa shape index (κ2) is 5.00. The van der Waals surface area contributed by atoms with Crippen molar-refractivity contribution in [3.05, 3.63) is 6.33 Å². The third kappa shape index (κ3) is 1.99. The van der Waals surface area contributed by atoms with Crippen molar-refractivity contribution in [1.29, 1.82) is 0 Å². The number of aliphatic hydroxyl groups is 2. The van der Waals surface area contributed by atoms with Crippen LogP contribution in [0.2, 0.25) is 0 Å². The Kier molecular flexibility index (Phi) is 3.38. The number of halogens is 1. The predicted octanol–water partition coefficient (Wildman–Crippen LogP) is -0.604. The van der Waals surface area contributed by atoms with Gasteiger partial charge in [-0.15, -0.1) is 0 Å². The highest BCUT2D eigenvalue weighted by Gasteiger charge is 2.54. The van der Waals surface area contributed by atoms with Gasteiger partial charge in [-0.25, -0.2) is 9.37 Å². The Morgan fingerprint density at radius 3 is 2.86 bits per heavy atom. The molecule has 4 N–H and O–H groups in total. The maximum atomic E-state index is 14.2. The van der Waals surface area contributed by atoms with Crippen LogP contribution in [-0.4, -0.2) is 61.3 Å². The number of hydrogen-bond acceptors (Lipinski definition) is 8. The normalized spacial score (nSPS) is 31.8. The smallest absolute Gasteiger partial charge is 0.246 e. The molecule has 1 saturated heterocycles. The van der Waals surface area contributed by atoms with Crippen LogP contribution in [-0.2, 0) is 4.74 Å². The van der Waals surface area contributed by atoms with Crippen molar-refractivity contribution in [1.82, 2.24) is 19.5 Å². The minimum atomic E-state index is -1.87. The van der Waals surface area contributed by atoms with Gasteiger partial charge in [0.05, 0.1) is 20.0 Å². The van der Waals surface area contributed by atoms with Gasteiger partial charge in [0.15, 0.2) is 23.6 Å². The monoisotopic (exact) mass is 313 g/mol. The van der Waals surface area contributed by atoms with E-state index in [0.717, 1.165) is 0 Å². The van der Waals surface area contributed by atoms with Crippen molar-refractivity contribution in [3.63, 3.8) is 0 Å². The molecule has 2 aromatic rings. The molecule has 0 aliphatic carbocycles. The molecule has 1 aliphatic heterocycles. The van der Waals surface area contributed by atoms with E-state index in [1.165, 1.54) is 24.9 Å². The van der Waals surface area contributed by atoms with Crippen molar-refractivity contribution in [2.24, 2.45) is 0 Å². The summed E-state index contributed by atoms with van der Waals surface area (Å²) in [4.78, 5) is 12.0. The number of alkyl halides is 1. The van der Waals surface area contributed by atoms with Crippen LogP contribution in [0.25, 0.3) is 11.2 Å². The molecule has 0 unspecified atom stereocenters. The molecule has 0 aromatic carbocycles. The fourth-order valence-electron chi connectivity index (χ4n) is 2.59. The molecule has 0 amide bonds. The van der Waals surface area contributed by atoms with E-state index < -0.39 is 30.7 Å². The summed E-state index contributed by atoms with van der Waals surface area (Å²) in [6.45, 7) is 0.729. The lowest BCUT2D eigenvalue weighted by Gasteiger charge is -2.26. The first-order valence-electron chi connectivity index (χ1n) is 6.57. The summed E-state index contributed by atoms with van der Waals surface area (Å²) in [7, 11) is 1.40. The fourth-order valence-corrected chi connectivity index (χ4v) is 2.59. The summed E-state index contributed by atoms with van der Waals surface area (Å²) in [5.74, 6) is 0.105. The van der Waals surface area contributed by atoms with Gasteiger partial charge in [-0.05, 0) is 6.92 Å². The Balaban J connectivity index is 2.13. The molecule has 2 aromatic heterocycles. The Bertz CT molecular complexity index is 706. The lowest BCUT2D eigenvalue weighted by Crippen LogP contribution is -2.41. The quantitative estimate of drug-likeness (QED) is 0.685. The number of fused-ring (bicyclic) bond motifs is 1. The van der Waals surface area contributed by atoms with Crippen LogP contribution in [0.15, 0.2) is 6.33 Å². The molecule has 10 heteroatoms. The molecule has 0 bridgehead atoms. The largest absolute Gasteiger partial charge is 0.479 e. The molecule has 0 spiro atoms. The Labute approximate surface area is 124 Å². The highest BCUT2D eigenvalue weighted by atomic mass is 19.1. The van der Waals surface area contributed by atoms with E-state index in [1.54, 1.807) is 0 Å². The van der Waals surface area contributed by atoms with Crippen LogP contribution < -0.4 is 10.5 Å². The van der Waals surface area contributed by atoms with E-state index >= 15 is 0 Å². The Morgan fingerprint density at radius 1 is 1.55 bits per heavy atom. The second-order valence-corrected chi connectivity index (χ2v) is 5.25. The topological polar surface area (TPSA) is 129 Å². The van der Waals surface area contributed by atoms with Gasteiger partial charge in [0.1, 0.15) is 11.7 Å². The van der Waals surface area contributed by atoms with E-state index in [1.807, 2.05) is 0 Å². The third-order valence-corrected chi connectivity index (χ3v) is 3.72. The zero-order valence-corrected chi connectivity index (χ0v) is 12.0. The number of rotatable bonds is 3. The van der Waals surface area contributed by atoms with Crippen LogP contribution in [0.4, 0.5) is 10.3 Å². The number of nitrogen functional groups attached to an aromatic ring is 1. The summed E-state index contributed by atoms with van der Waals surface area (Å²) < 4.78 is 26.0. The van der Waals surface area contributed by atoms with Crippen molar-refractivity contribution < 1.29 is 24.1 Å². The first kappa shape index (κ1) is 14.9. The number of aliphatic hydroxyl groups excluding tert-OH is 1. The molecule has 1 fully saturated rings. The van der Waals surface area contributed by atoms with Crippen LogP contribution in [0.5, 0.6) is 5.88 Å². The zero-order valence-electron chi connectivity index (χ0n) is 12.0. The standard InChI is InChI=1S/C12H16FN5O4/c1-12(20)7(13)5(3-19)22-10(12)18-4-15-6-8(18)16-11(14)17-9(6)21-2/h4-5,7,10,19-20H,3H2,1-2H3,(H2,14,16,17)/t5-,7-,10-,12-/m1/s1. The second-order valence-electron chi connectivity index (χ2n) is 5.25. The van der Waals surface area contributed by atoms with Gasteiger partial charge >= 0.3 is 0 Å². The van der Waals surface area contributed by atoms with Gasteiger partial charge in [-0.3, -0.25) is 4.57 Å². The molecule has 9 nitrogen and oxygen atoms in total. The van der Waals surface area contributed by atoms with Crippen LogP contribution >= 0.6 is 0 Å². The SMILES string of the molecule is COc1nc(N)nc2c1ncn2[C@@H]1O[C@H](CO)[C@@H](F)[C@@]1(C)O. The maximum Gasteiger partial charge on any atom is 0.246 e. The van der Waals surface area contributed by atoms with Gasteiger partial charge in [-0.2, -0.15) is 9.97 Å². The van der Waals surface area contributed by atoms with Crippen molar-refractivity contribution >= 4 is 17.1 Å². The third-order valence-electron chi connectivity index (χ3n) is 3.72. The summed E-state index contributed by atoms with van der Waals surface area (Å²) >= 11 is 0. The lowest BCUT2D eigenvalue weighted by molar-refractivity contribution is -0.0892. The van der Waals surface area contributed by atoms with Crippen LogP contribution in [0.1, 0.15) is 13.2 Å². The van der Waals surface area contributed by atoms with E-state index in [2.05, 4.69) is 15.0 Å². The summed E-state index contributed by atoms with van der Waals surface area (Å²) in [5.41, 5.74) is 4.29. The summed E-state index contributed by atoms with van der Waals surface area (Å²) in [6, 6.07) is 0. The van der Waals surface area contributed by atoms with Gasteiger partial charge in [-0.1, -0.05) is 0 Å². The highest BCUT2D eigenvalue weighted by molar-refractivity contribution is 5.77. The van der Waals surface area contributed by atoms with Crippen molar-refractivity contribution in [3.8, 4) is 5.88 Å². The average molecular weight is 313 g/mol. The number of aromatic nitrogens is 4. The minimum absolute atomic E-state index is 0.0563. The molecule has 0 radical (unpaired) electrons. The molecule has 0 saturated carbocycles. The minimum Gasteiger partial charge on any atom is -0.479 e. The van der Waals surface area contributed by atoms with Gasteiger partial charge in [0.25, 0.3) is 0 Å². The molecule has 22 heavy (non-hydrogen) atoms. The summed E-state index contributed by atoms with van der Waals surface area (Å²) in [6.07, 6.45) is -2.70. The molecule has 3 heterocycles. The molecular weight excluding hydrogens is 297 g/mol. The van der Waals surface area contributed by atoms with E-state index in [4.69, 9.17) is 20.3 Å². The molecule has 120 valence electrons. The fraction of sp³-hybridized carbons (Fsp3) is 0.583. The molecule has 3 rings (SSSR count). The highest BCUT2D eigenvalue weighted by Crippen LogP contribution is 2.41. The molecule has 4 atom stereocenters. The zero-order chi connectivity index (χ0) is 16.1. The van der Waals surface area contributed by atoms with Gasteiger partial charge in [0, 0.05) is 0 Å². The Hall–Kier alpha value is -2.04. The molecule has 1 aliphatic rings.